The predicted molar refractivity (Wildman–Crippen MR) is 114 cm³/mol. The number of hydrogen-bond donors (Lipinski definition) is 0. The molecular weight excluding hydrogens is 378 g/mol. The van der Waals surface area contributed by atoms with Crippen LogP contribution < -0.4 is 4.90 Å². The first-order valence-corrected chi connectivity index (χ1v) is 9.93. The summed E-state index contributed by atoms with van der Waals surface area (Å²) < 4.78 is 0. The minimum Gasteiger partial charge on any atom is -0.345 e. The standard InChI is InChI=1S/C23H25N5O2/c1-14-24-12-17(13-25-14)15-6-8-18-19(10-15)28(22(30)23(18,2)3)20-9-7-16(11-26-20)21(29)27(4)5/h6-7,9-13,18H,8H2,1-5H3. The molecule has 0 saturated carbocycles. The number of rotatable bonds is 3. The second-order valence-electron chi connectivity index (χ2n) is 8.50. The molecule has 1 atom stereocenters. The molecular formula is C23H25N5O2. The van der Waals surface area contributed by atoms with Crippen LogP contribution in [-0.4, -0.2) is 45.8 Å². The van der Waals surface area contributed by atoms with Crippen molar-refractivity contribution in [1.29, 1.82) is 0 Å². The minimum absolute atomic E-state index is 0.00717. The summed E-state index contributed by atoms with van der Waals surface area (Å²) in [7, 11) is 3.39. The third-order valence-corrected chi connectivity index (χ3v) is 5.86. The molecule has 154 valence electrons. The van der Waals surface area contributed by atoms with Gasteiger partial charge in [-0.25, -0.2) is 15.0 Å². The zero-order chi connectivity index (χ0) is 21.6. The van der Waals surface area contributed by atoms with Crippen LogP contribution >= 0.6 is 0 Å². The average molecular weight is 403 g/mol. The zero-order valence-electron chi connectivity index (χ0n) is 17.9. The fourth-order valence-corrected chi connectivity index (χ4v) is 4.01. The number of nitrogens with zero attached hydrogens (tertiary/aromatic N) is 5. The maximum absolute atomic E-state index is 13.3. The number of carbonyl (C=O) groups excluding carboxylic acids is 2. The second kappa shape index (κ2) is 7.16. The van der Waals surface area contributed by atoms with Crippen molar-refractivity contribution < 1.29 is 9.59 Å². The molecule has 2 aromatic rings. The molecule has 30 heavy (non-hydrogen) atoms. The van der Waals surface area contributed by atoms with Gasteiger partial charge in [0.15, 0.2) is 0 Å². The molecule has 0 aromatic carbocycles. The van der Waals surface area contributed by atoms with E-state index in [4.69, 9.17) is 0 Å². The molecule has 0 bridgehead atoms. The number of carbonyl (C=O) groups is 2. The number of aryl methyl sites for hydroxylation is 1. The highest BCUT2D eigenvalue weighted by Gasteiger charge is 2.51. The number of aromatic nitrogens is 3. The van der Waals surface area contributed by atoms with Crippen LogP contribution in [-0.2, 0) is 4.79 Å². The van der Waals surface area contributed by atoms with Gasteiger partial charge in [0.1, 0.15) is 11.6 Å². The molecule has 4 rings (SSSR count). The van der Waals surface area contributed by atoms with Crippen LogP contribution in [0.4, 0.5) is 5.82 Å². The number of hydrogen-bond acceptors (Lipinski definition) is 5. The molecule has 7 nitrogen and oxygen atoms in total. The predicted octanol–water partition coefficient (Wildman–Crippen LogP) is 3.24. The molecule has 1 saturated heterocycles. The lowest BCUT2D eigenvalue weighted by atomic mass is 9.75. The van der Waals surface area contributed by atoms with Gasteiger partial charge in [0.2, 0.25) is 5.91 Å². The Morgan fingerprint density at radius 3 is 2.43 bits per heavy atom. The fraction of sp³-hybridized carbons (Fsp3) is 0.348. The number of anilines is 1. The minimum atomic E-state index is -0.544. The molecule has 0 N–H and O–H groups in total. The Kier molecular flexibility index (Phi) is 4.76. The average Bonchev–Trinajstić information content (AvgIpc) is 2.93. The Balaban J connectivity index is 1.73. The van der Waals surface area contributed by atoms with Gasteiger partial charge in [-0.1, -0.05) is 19.9 Å². The lowest BCUT2D eigenvalue weighted by Gasteiger charge is -2.25. The van der Waals surface area contributed by atoms with Crippen molar-refractivity contribution in [2.24, 2.45) is 11.3 Å². The summed E-state index contributed by atoms with van der Waals surface area (Å²) in [5.41, 5.74) is 2.78. The molecule has 1 aliphatic carbocycles. The van der Waals surface area contributed by atoms with E-state index < -0.39 is 5.41 Å². The van der Waals surface area contributed by atoms with Gasteiger partial charge in [-0.3, -0.25) is 14.5 Å². The summed E-state index contributed by atoms with van der Waals surface area (Å²) in [6, 6.07) is 3.45. The van der Waals surface area contributed by atoms with Gasteiger partial charge in [0, 0.05) is 49.9 Å². The van der Waals surface area contributed by atoms with Crippen LogP contribution in [0.15, 0.2) is 48.6 Å². The lowest BCUT2D eigenvalue weighted by molar-refractivity contribution is -0.125. The Hall–Kier alpha value is -3.35. The summed E-state index contributed by atoms with van der Waals surface area (Å²) in [6.45, 7) is 5.81. The molecule has 1 aliphatic heterocycles. The van der Waals surface area contributed by atoms with Gasteiger partial charge in [-0.05, 0) is 37.1 Å². The van der Waals surface area contributed by atoms with Crippen molar-refractivity contribution in [3.05, 3.63) is 65.5 Å². The van der Waals surface area contributed by atoms with Gasteiger partial charge in [-0.15, -0.1) is 0 Å². The molecule has 0 radical (unpaired) electrons. The molecule has 1 fully saturated rings. The van der Waals surface area contributed by atoms with E-state index in [-0.39, 0.29) is 17.7 Å². The third-order valence-electron chi connectivity index (χ3n) is 5.86. The SMILES string of the molecule is Cc1ncc(C2=CCC3C(=C2)N(c2ccc(C(=O)N(C)C)cn2)C(=O)C3(C)C)cn1. The summed E-state index contributed by atoms with van der Waals surface area (Å²) in [6.07, 6.45) is 10.1. The van der Waals surface area contributed by atoms with E-state index in [1.807, 2.05) is 26.8 Å². The van der Waals surface area contributed by atoms with E-state index in [0.29, 0.717) is 11.4 Å². The van der Waals surface area contributed by atoms with Crippen molar-refractivity contribution in [2.45, 2.75) is 27.2 Å². The number of allylic oxidation sites excluding steroid dienone is 4. The normalized spacial score (nSPS) is 19.8. The molecule has 1 unspecified atom stereocenters. The first-order valence-electron chi connectivity index (χ1n) is 9.93. The first kappa shape index (κ1) is 19.9. The van der Waals surface area contributed by atoms with Gasteiger partial charge < -0.3 is 4.90 Å². The first-order chi connectivity index (χ1) is 14.2. The number of amides is 2. The molecule has 7 heteroatoms. The molecule has 3 heterocycles. The quantitative estimate of drug-likeness (QED) is 0.786. The van der Waals surface area contributed by atoms with Crippen LogP contribution in [0.3, 0.4) is 0 Å². The number of pyridine rings is 1. The molecule has 2 aromatic heterocycles. The Labute approximate surface area is 176 Å². The maximum Gasteiger partial charge on any atom is 0.254 e. The van der Waals surface area contributed by atoms with E-state index in [1.54, 1.807) is 43.5 Å². The highest BCUT2D eigenvalue weighted by atomic mass is 16.2. The molecule has 0 spiro atoms. The number of fused-ring (bicyclic) bond motifs is 1. The Morgan fingerprint density at radius 2 is 1.83 bits per heavy atom. The van der Waals surface area contributed by atoms with Crippen LogP contribution in [0.5, 0.6) is 0 Å². The van der Waals surface area contributed by atoms with Gasteiger partial charge in [0.05, 0.1) is 11.0 Å². The van der Waals surface area contributed by atoms with E-state index in [1.165, 1.54) is 11.1 Å². The maximum atomic E-state index is 13.3. The van der Waals surface area contributed by atoms with Crippen LogP contribution in [0, 0.1) is 18.3 Å². The van der Waals surface area contributed by atoms with E-state index in [0.717, 1.165) is 29.1 Å². The molecule has 2 amide bonds. The fourth-order valence-electron chi connectivity index (χ4n) is 4.01. The summed E-state index contributed by atoms with van der Waals surface area (Å²) in [5.74, 6) is 1.19. The van der Waals surface area contributed by atoms with Crippen LogP contribution in [0.25, 0.3) is 5.57 Å². The molecule has 2 aliphatic rings. The van der Waals surface area contributed by atoms with Crippen LogP contribution in [0.2, 0.25) is 0 Å². The highest BCUT2D eigenvalue weighted by molar-refractivity contribution is 6.04. The smallest absolute Gasteiger partial charge is 0.254 e. The van der Waals surface area contributed by atoms with Crippen molar-refractivity contribution in [1.82, 2.24) is 19.9 Å². The van der Waals surface area contributed by atoms with Crippen molar-refractivity contribution in [3.63, 3.8) is 0 Å². The second-order valence-corrected chi connectivity index (χ2v) is 8.50. The van der Waals surface area contributed by atoms with Crippen LogP contribution in [0.1, 0.15) is 42.0 Å². The van der Waals surface area contributed by atoms with Gasteiger partial charge in [0.25, 0.3) is 5.91 Å². The third kappa shape index (κ3) is 3.20. The lowest BCUT2D eigenvalue weighted by Crippen LogP contribution is -2.32. The largest absolute Gasteiger partial charge is 0.345 e. The highest BCUT2D eigenvalue weighted by Crippen LogP contribution is 2.50. The summed E-state index contributed by atoms with van der Waals surface area (Å²) >= 11 is 0. The topological polar surface area (TPSA) is 79.3 Å². The Morgan fingerprint density at radius 1 is 1.13 bits per heavy atom. The Bertz CT molecular complexity index is 1070. The zero-order valence-corrected chi connectivity index (χ0v) is 17.9. The van der Waals surface area contributed by atoms with E-state index in [9.17, 15) is 9.59 Å². The van der Waals surface area contributed by atoms with Gasteiger partial charge >= 0.3 is 0 Å². The van der Waals surface area contributed by atoms with Gasteiger partial charge in [-0.2, -0.15) is 0 Å². The van der Waals surface area contributed by atoms with Crippen molar-refractivity contribution >= 4 is 23.2 Å². The summed E-state index contributed by atoms with van der Waals surface area (Å²) in [4.78, 5) is 41.7. The van der Waals surface area contributed by atoms with Crippen molar-refractivity contribution in [2.75, 3.05) is 19.0 Å². The van der Waals surface area contributed by atoms with E-state index in [2.05, 4.69) is 21.0 Å². The van der Waals surface area contributed by atoms with E-state index >= 15 is 0 Å². The monoisotopic (exact) mass is 403 g/mol. The summed E-state index contributed by atoms with van der Waals surface area (Å²) in [5, 5.41) is 0. The van der Waals surface area contributed by atoms with Crippen molar-refractivity contribution in [3.8, 4) is 0 Å².